The number of ether oxygens (including phenoxy) is 1. The van der Waals surface area contributed by atoms with Crippen LogP contribution in [0.1, 0.15) is 6.92 Å². The molecule has 0 unspecified atom stereocenters. The predicted molar refractivity (Wildman–Crippen MR) is 57.1 cm³/mol. The molecular formula is C10H9NO2S. The van der Waals surface area contributed by atoms with Crippen LogP contribution in [0.5, 0.6) is 5.88 Å². The van der Waals surface area contributed by atoms with E-state index in [-0.39, 0.29) is 10.6 Å². The molecule has 2 rings (SSSR count). The highest BCUT2D eigenvalue weighted by atomic mass is 32.1. The van der Waals surface area contributed by atoms with Gasteiger partial charge in [0.1, 0.15) is 0 Å². The number of nitrogens with zero attached hydrogens (tertiary/aromatic N) is 1. The Morgan fingerprint density at radius 1 is 1.43 bits per heavy atom. The van der Waals surface area contributed by atoms with Crippen molar-refractivity contribution in [3.8, 4) is 5.88 Å². The van der Waals surface area contributed by atoms with Gasteiger partial charge in [-0.1, -0.05) is 23.5 Å². The van der Waals surface area contributed by atoms with E-state index in [4.69, 9.17) is 4.74 Å². The minimum atomic E-state index is -0.120. The van der Waals surface area contributed by atoms with Gasteiger partial charge < -0.3 is 4.74 Å². The Kier molecular flexibility index (Phi) is 2.45. The van der Waals surface area contributed by atoms with Crippen molar-refractivity contribution in [2.75, 3.05) is 6.61 Å². The monoisotopic (exact) mass is 207 g/mol. The third kappa shape index (κ3) is 1.61. The molecule has 72 valence electrons. The zero-order valence-electron chi connectivity index (χ0n) is 7.69. The van der Waals surface area contributed by atoms with E-state index in [0.29, 0.717) is 6.61 Å². The van der Waals surface area contributed by atoms with Crippen molar-refractivity contribution in [2.45, 2.75) is 6.92 Å². The van der Waals surface area contributed by atoms with Crippen LogP contribution in [0.15, 0.2) is 29.1 Å². The zero-order chi connectivity index (χ0) is 9.97. The van der Waals surface area contributed by atoms with Crippen molar-refractivity contribution in [1.82, 2.24) is 4.98 Å². The zero-order valence-corrected chi connectivity index (χ0v) is 8.50. The van der Waals surface area contributed by atoms with Gasteiger partial charge in [-0.2, -0.15) is 0 Å². The van der Waals surface area contributed by atoms with Gasteiger partial charge in [-0.05, 0) is 19.1 Å². The first-order valence-corrected chi connectivity index (χ1v) is 5.15. The lowest BCUT2D eigenvalue weighted by Gasteiger charge is -2.00. The molecule has 0 spiro atoms. The average molecular weight is 207 g/mol. The second kappa shape index (κ2) is 3.75. The highest BCUT2D eigenvalue weighted by molar-refractivity contribution is 7.16. The van der Waals surface area contributed by atoms with Crippen LogP contribution in [-0.4, -0.2) is 11.6 Å². The van der Waals surface area contributed by atoms with Crippen molar-refractivity contribution in [3.05, 3.63) is 33.8 Å². The minimum absolute atomic E-state index is 0.120. The van der Waals surface area contributed by atoms with Gasteiger partial charge in [0, 0.05) is 0 Å². The van der Waals surface area contributed by atoms with Gasteiger partial charge in [-0.25, -0.2) is 4.98 Å². The highest BCUT2D eigenvalue weighted by Gasteiger charge is 2.04. The molecule has 0 aliphatic heterocycles. The molecule has 4 heteroatoms. The molecule has 1 heterocycles. The molecule has 1 aromatic carbocycles. The second-order valence-electron chi connectivity index (χ2n) is 2.71. The third-order valence-corrected chi connectivity index (χ3v) is 2.67. The van der Waals surface area contributed by atoms with Crippen LogP contribution in [0.25, 0.3) is 10.2 Å². The first-order valence-electron chi connectivity index (χ1n) is 4.34. The summed E-state index contributed by atoms with van der Waals surface area (Å²) in [6.45, 7) is 2.30. The van der Waals surface area contributed by atoms with E-state index in [1.807, 2.05) is 31.2 Å². The highest BCUT2D eigenvalue weighted by Crippen LogP contribution is 2.15. The van der Waals surface area contributed by atoms with Gasteiger partial charge in [0.2, 0.25) is 0 Å². The maximum atomic E-state index is 11.5. The largest absolute Gasteiger partial charge is 0.475 e. The van der Waals surface area contributed by atoms with Gasteiger partial charge in [0.15, 0.2) is 0 Å². The molecule has 1 aromatic heterocycles. The number of hydrogen-bond acceptors (Lipinski definition) is 4. The van der Waals surface area contributed by atoms with Crippen molar-refractivity contribution < 1.29 is 4.74 Å². The van der Waals surface area contributed by atoms with Crippen LogP contribution in [0.3, 0.4) is 0 Å². The summed E-state index contributed by atoms with van der Waals surface area (Å²) in [4.78, 5) is 15.6. The normalized spacial score (nSPS) is 10.4. The lowest BCUT2D eigenvalue weighted by molar-refractivity contribution is 0.326. The summed E-state index contributed by atoms with van der Waals surface area (Å²) in [5.41, 5.74) is 0.806. The van der Waals surface area contributed by atoms with E-state index in [2.05, 4.69) is 4.98 Å². The van der Waals surface area contributed by atoms with E-state index < -0.39 is 0 Å². The van der Waals surface area contributed by atoms with E-state index in [9.17, 15) is 4.79 Å². The van der Waals surface area contributed by atoms with Gasteiger partial charge in [0.25, 0.3) is 10.6 Å². The second-order valence-corrected chi connectivity index (χ2v) is 3.72. The Bertz CT molecular complexity index is 507. The van der Waals surface area contributed by atoms with Crippen LogP contribution in [0, 0.1) is 0 Å². The third-order valence-electron chi connectivity index (χ3n) is 1.75. The topological polar surface area (TPSA) is 39.2 Å². The maximum Gasteiger partial charge on any atom is 0.295 e. The number of benzene rings is 1. The Balaban J connectivity index is 2.65. The molecule has 0 saturated heterocycles. The first-order chi connectivity index (χ1) is 6.81. The fourth-order valence-electron chi connectivity index (χ4n) is 1.16. The number of hydrogen-bond donors (Lipinski definition) is 0. The Morgan fingerprint density at radius 3 is 3.00 bits per heavy atom. The Labute approximate surface area is 85.0 Å². The summed E-state index contributed by atoms with van der Waals surface area (Å²) in [5.74, 6) is 0.205. The van der Waals surface area contributed by atoms with Crippen LogP contribution < -0.4 is 9.48 Å². The summed E-state index contributed by atoms with van der Waals surface area (Å²) < 4.78 is 5.90. The Morgan fingerprint density at radius 2 is 2.21 bits per heavy atom. The molecule has 0 saturated carbocycles. The number of fused-ring (bicyclic) bond motifs is 1. The fraction of sp³-hybridized carbons (Fsp3) is 0.200. The summed E-state index contributed by atoms with van der Waals surface area (Å²) >= 11 is 1.17. The van der Waals surface area contributed by atoms with E-state index >= 15 is 0 Å². The molecule has 0 aliphatic carbocycles. The van der Waals surface area contributed by atoms with Gasteiger partial charge in [-0.15, -0.1) is 0 Å². The molecule has 0 radical (unpaired) electrons. The number of rotatable bonds is 2. The molecule has 0 fully saturated rings. The summed E-state index contributed by atoms with van der Waals surface area (Å²) in [6.07, 6.45) is 0. The van der Waals surface area contributed by atoms with Crippen LogP contribution in [0.4, 0.5) is 0 Å². The summed E-state index contributed by atoms with van der Waals surface area (Å²) in [7, 11) is 0. The molecule has 0 atom stereocenters. The van der Waals surface area contributed by atoms with Crippen molar-refractivity contribution in [3.63, 3.8) is 0 Å². The van der Waals surface area contributed by atoms with Crippen LogP contribution in [-0.2, 0) is 0 Å². The van der Waals surface area contributed by atoms with Crippen LogP contribution in [0.2, 0.25) is 0 Å². The lowest BCUT2D eigenvalue weighted by atomic mass is 10.3. The SMILES string of the molecule is CCOc1nc2ccccc2sc1=O. The molecule has 0 amide bonds. The van der Waals surface area contributed by atoms with Gasteiger partial charge in [0.05, 0.1) is 16.8 Å². The standard InChI is InChI=1S/C10H9NO2S/c1-2-13-9-10(12)14-8-6-4-3-5-7(8)11-9/h3-6H,2H2,1H3. The molecule has 3 nitrogen and oxygen atoms in total. The maximum absolute atomic E-state index is 11.5. The molecule has 0 bridgehead atoms. The minimum Gasteiger partial charge on any atom is -0.475 e. The average Bonchev–Trinajstić information content (AvgIpc) is 2.19. The van der Waals surface area contributed by atoms with Gasteiger partial charge in [-0.3, -0.25) is 4.79 Å². The quantitative estimate of drug-likeness (QED) is 0.756. The predicted octanol–water partition coefficient (Wildman–Crippen LogP) is 2.06. The van der Waals surface area contributed by atoms with Crippen molar-refractivity contribution in [2.24, 2.45) is 0 Å². The van der Waals surface area contributed by atoms with Crippen molar-refractivity contribution >= 4 is 21.6 Å². The molecule has 0 aliphatic rings. The summed E-state index contributed by atoms with van der Waals surface area (Å²) in [5, 5.41) is 0. The number of aromatic nitrogens is 1. The van der Waals surface area contributed by atoms with E-state index in [1.54, 1.807) is 0 Å². The smallest absolute Gasteiger partial charge is 0.295 e. The fourth-order valence-corrected chi connectivity index (χ4v) is 1.92. The number of para-hydroxylation sites is 1. The molecular weight excluding hydrogens is 198 g/mol. The summed E-state index contributed by atoms with van der Waals surface area (Å²) in [6, 6.07) is 7.53. The van der Waals surface area contributed by atoms with Gasteiger partial charge >= 0.3 is 0 Å². The lowest BCUT2D eigenvalue weighted by Crippen LogP contribution is -2.06. The Hall–Kier alpha value is -1.42. The molecule has 14 heavy (non-hydrogen) atoms. The van der Waals surface area contributed by atoms with E-state index in [1.165, 1.54) is 11.3 Å². The first kappa shape index (κ1) is 9.15. The van der Waals surface area contributed by atoms with E-state index in [0.717, 1.165) is 10.2 Å². The van der Waals surface area contributed by atoms with Crippen molar-refractivity contribution in [1.29, 1.82) is 0 Å². The molecule has 0 N–H and O–H groups in total. The van der Waals surface area contributed by atoms with Crippen LogP contribution >= 0.6 is 11.3 Å². The molecule has 2 aromatic rings.